The van der Waals surface area contributed by atoms with Gasteiger partial charge in [-0.2, -0.15) is 12.6 Å². The van der Waals surface area contributed by atoms with Crippen LogP contribution in [0.25, 0.3) is 0 Å². The molecule has 0 aliphatic carbocycles. The molecule has 0 aliphatic heterocycles. The molecule has 0 amide bonds. The Hall–Kier alpha value is -0.150. The van der Waals surface area contributed by atoms with Crippen molar-refractivity contribution in [2.24, 2.45) is 0 Å². The second-order valence-electron chi connectivity index (χ2n) is 2.78. The molecule has 0 heterocycles. The highest BCUT2D eigenvalue weighted by molar-refractivity contribution is 9.10. The zero-order valence-corrected chi connectivity index (χ0v) is 10.1. The topological polar surface area (TPSA) is 9.23 Å². The van der Waals surface area contributed by atoms with E-state index in [1.165, 1.54) is 5.56 Å². The van der Waals surface area contributed by atoms with Gasteiger partial charge in [0, 0.05) is 4.47 Å². The molecule has 72 valence electrons. The fraction of sp³-hybridized carbons (Fsp3) is 0.400. The predicted octanol–water partition coefficient (Wildman–Crippen LogP) is 3.32. The summed E-state index contributed by atoms with van der Waals surface area (Å²) < 4.78 is 6.23. The quantitative estimate of drug-likeness (QED) is 0.818. The first-order chi connectivity index (χ1) is 6.27. The lowest BCUT2D eigenvalue weighted by Crippen LogP contribution is -1.89. The minimum atomic E-state index is 0.890. The maximum Gasteiger partial charge on any atom is 0.120 e. The highest BCUT2D eigenvalue weighted by Gasteiger charge is 2.00. The van der Waals surface area contributed by atoms with Crippen molar-refractivity contribution >= 4 is 28.6 Å². The van der Waals surface area contributed by atoms with Crippen LogP contribution in [0.1, 0.15) is 12.0 Å². The minimum absolute atomic E-state index is 0.890. The van der Waals surface area contributed by atoms with Gasteiger partial charge in [0.15, 0.2) is 0 Å². The van der Waals surface area contributed by atoms with Crippen LogP contribution in [0.15, 0.2) is 22.7 Å². The molecule has 0 fully saturated rings. The highest BCUT2D eigenvalue weighted by Crippen LogP contribution is 2.23. The van der Waals surface area contributed by atoms with Crippen LogP contribution < -0.4 is 4.74 Å². The molecule has 0 N–H and O–H groups in total. The van der Waals surface area contributed by atoms with E-state index in [4.69, 9.17) is 4.74 Å². The van der Waals surface area contributed by atoms with Crippen LogP contribution >= 0.6 is 28.6 Å². The van der Waals surface area contributed by atoms with Gasteiger partial charge in [-0.3, -0.25) is 0 Å². The van der Waals surface area contributed by atoms with E-state index < -0.39 is 0 Å². The average Bonchev–Trinajstić information content (AvgIpc) is 2.16. The second kappa shape index (κ2) is 5.55. The summed E-state index contributed by atoms with van der Waals surface area (Å²) in [6.07, 6.45) is 2.17. The van der Waals surface area contributed by atoms with Gasteiger partial charge in [-0.15, -0.1) is 0 Å². The largest absolute Gasteiger partial charge is 0.497 e. The van der Waals surface area contributed by atoms with Crippen LogP contribution in [0.3, 0.4) is 0 Å². The van der Waals surface area contributed by atoms with Gasteiger partial charge in [0.1, 0.15) is 5.75 Å². The maximum absolute atomic E-state index is 5.11. The fourth-order valence-corrected chi connectivity index (χ4v) is 1.84. The Bertz CT molecular complexity index is 276. The summed E-state index contributed by atoms with van der Waals surface area (Å²) in [5, 5.41) is 0. The molecule has 0 saturated carbocycles. The van der Waals surface area contributed by atoms with E-state index in [0.717, 1.165) is 28.8 Å². The van der Waals surface area contributed by atoms with Crippen molar-refractivity contribution in [2.75, 3.05) is 12.9 Å². The first kappa shape index (κ1) is 10.9. The van der Waals surface area contributed by atoms with E-state index in [0.29, 0.717) is 0 Å². The number of thiol groups is 1. The van der Waals surface area contributed by atoms with Gasteiger partial charge < -0.3 is 4.74 Å². The van der Waals surface area contributed by atoms with E-state index in [1.54, 1.807) is 7.11 Å². The van der Waals surface area contributed by atoms with Crippen molar-refractivity contribution < 1.29 is 4.74 Å². The Morgan fingerprint density at radius 3 is 2.77 bits per heavy atom. The molecule has 1 nitrogen and oxygen atoms in total. The number of ether oxygens (including phenoxy) is 1. The van der Waals surface area contributed by atoms with E-state index in [-0.39, 0.29) is 0 Å². The van der Waals surface area contributed by atoms with Gasteiger partial charge in [-0.1, -0.05) is 22.0 Å². The van der Waals surface area contributed by atoms with Crippen molar-refractivity contribution in [1.82, 2.24) is 0 Å². The summed E-state index contributed by atoms with van der Waals surface area (Å²) in [5.41, 5.74) is 1.31. The fourth-order valence-electron chi connectivity index (χ4n) is 1.13. The van der Waals surface area contributed by atoms with Crippen LogP contribution in [0, 0.1) is 0 Å². The van der Waals surface area contributed by atoms with Crippen LogP contribution in [-0.4, -0.2) is 12.9 Å². The summed E-state index contributed by atoms with van der Waals surface area (Å²) >= 11 is 7.70. The summed E-state index contributed by atoms with van der Waals surface area (Å²) in [6.45, 7) is 0. The van der Waals surface area contributed by atoms with E-state index >= 15 is 0 Å². The summed E-state index contributed by atoms with van der Waals surface area (Å²) in [7, 11) is 1.68. The van der Waals surface area contributed by atoms with E-state index in [9.17, 15) is 0 Å². The van der Waals surface area contributed by atoms with Crippen molar-refractivity contribution in [3.05, 3.63) is 28.2 Å². The number of methoxy groups -OCH3 is 1. The van der Waals surface area contributed by atoms with Crippen molar-refractivity contribution in [2.45, 2.75) is 12.8 Å². The molecule has 0 radical (unpaired) electrons. The first-order valence-corrected chi connectivity index (χ1v) is 5.63. The molecule has 0 aliphatic rings. The van der Waals surface area contributed by atoms with Gasteiger partial charge >= 0.3 is 0 Å². The molecule has 0 spiro atoms. The molecule has 13 heavy (non-hydrogen) atoms. The highest BCUT2D eigenvalue weighted by atomic mass is 79.9. The molecular formula is C10H13BrOS. The maximum atomic E-state index is 5.11. The standard InChI is InChI=1S/C10H13BrOS/c1-12-9-5-4-8(3-2-6-13)10(11)7-9/h4-5,7,13H,2-3,6H2,1H3. The molecule has 1 aromatic rings. The Morgan fingerprint density at radius 1 is 1.46 bits per heavy atom. The normalized spacial score (nSPS) is 10.1. The van der Waals surface area contributed by atoms with Gasteiger partial charge in [0.2, 0.25) is 0 Å². The molecule has 1 aromatic carbocycles. The van der Waals surface area contributed by atoms with Crippen molar-refractivity contribution in [3.63, 3.8) is 0 Å². The number of rotatable bonds is 4. The number of hydrogen-bond acceptors (Lipinski definition) is 2. The van der Waals surface area contributed by atoms with Crippen LogP contribution in [0.4, 0.5) is 0 Å². The lowest BCUT2D eigenvalue weighted by molar-refractivity contribution is 0.414. The lowest BCUT2D eigenvalue weighted by atomic mass is 10.1. The van der Waals surface area contributed by atoms with Gasteiger partial charge in [0.25, 0.3) is 0 Å². The smallest absolute Gasteiger partial charge is 0.120 e. The van der Waals surface area contributed by atoms with Crippen LogP contribution in [0.2, 0.25) is 0 Å². The van der Waals surface area contributed by atoms with Crippen molar-refractivity contribution in [3.8, 4) is 5.75 Å². The third kappa shape index (κ3) is 3.24. The zero-order valence-electron chi connectivity index (χ0n) is 7.59. The first-order valence-electron chi connectivity index (χ1n) is 4.21. The molecule has 0 bridgehead atoms. The molecule has 3 heteroatoms. The van der Waals surface area contributed by atoms with Gasteiger partial charge in [0.05, 0.1) is 7.11 Å². The number of benzene rings is 1. The second-order valence-corrected chi connectivity index (χ2v) is 4.09. The summed E-state index contributed by atoms with van der Waals surface area (Å²) in [5.74, 6) is 1.82. The van der Waals surface area contributed by atoms with Gasteiger partial charge in [-0.25, -0.2) is 0 Å². The number of hydrogen-bond donors (Lipinski definition) is 1. The lowest BCUT2D eigenvalue weighted by Gasteiger charge is -2.05. The summed E-state index contributed by atoms with van der Waals surface area (Å²) in [4.78, 5) is 0. The molecule has 1 rings (SSSR count). The Balaban J connectivity index is 2.73. The molecule has 0 atom stereocenters. The third-order valence-corrected chi connectivity index (χ3v) is 2.92. The zero-order chi connectivity index (χ0) is 9.68. The van der Waals surface area contributed by atoms with Crippen molar-refractivity contribution in [1.29, 1.82) is 0 Å². The van der Waals surface area contributed by atoms with Crippen LogP contribution in [-0.2, 0) is 6.42 Å². The molecular weight excluding hydrogens is 248 g/mol. The van der Waals surface area contributed by atoms with E-state index in [2.05, 4.69) is 34.6 Å². The average molecular weight is 261 g/mol. The van der Waals surface area contributed by atoms with E-state index in [1.807, 2.05) is 12.1 Å². The monoisotopic (exact) mass is 260 g/mol. The molecule has 0 saturated heterocycles. The summed E-state index contributed by atoms with van der Waals surface area (Å²) in [6, 6.07) is 6.07. The number of halogens is 1. The number of aryl methyl sites for hydroxylation is 1. The Labute approximate surface area is 93.0 Å². The SMILES string of the molecule is COc1ccc(CCCS)c(Br)c1. The predicted molar refractivity (Wildman–Crippen MR) is 62.9 cm³/mol. The van der Waals surface area contributed by atoms with Gasteiger partial charge in [-0.05, 0) is 36.3 Å². The molecule has 0 unspecified atom stereocenters. The Morgan fingerprint density at radius 2 is 2.23 bits per heavy atom. The minimum Gasteiger partial charge on any atom is -0.497 e. The molecule has 0 aromatic heterocycles. The third-order valence-electron chi connectivity index (χ3n) is 1.86. The Kier molecular flexibility index (Phi) is 4.67. The van der Waals surface area contributed by atoms with Crippen LogP contribution in [0.5, 0.6) is 5.75 Å².